The summed E-state index contributed by atoms with van der Waals surface area (Å²) >= 11 is 5.93. The van der Waals surface area contributed by atoms with E-state index in [0.29, 0.717) is 10.6 Å². The Morgan fingerprint density at radius 2 is 1.85 bits per heavy atom. The maximum atomic E-state index is 12.8. The van der Waals surface area contributed by atoms with Crippen LogP contribution in [0.4, 0.5) is 13.2 Å². The molecule has 0 saturated carbocycles. The fraction of sp³-hybridized carbons (Fsp3) is 0.571. The van der Waals surface area contributed by atoms with Crippen molar-refractivity contribution in [2.24, 2.45) is 5.73 Å². The number of nitrogens with two attached hydrogens (primary N) is 1. The molecule has 0 aliphatic rings. The monoisotopic (exact) mass is 308 g/mol. The molecule has 0 amide bonds. The van der Waals surface area contributed by atoms with Crippen molar-refractivity contribution in [2.45, 2.75) is 45.1 Å². The predicted molar refractivity (Wildman–Crippen MR) is 75.7 cm³/mol. The molecule has 2 atom stereocenters. The van der Waals surface area contributed by atoms with Crippen LogP contribution in [-0.4, -0.2) is 29.7 Å². The van der Waals surface area contributed by atoms with Crippen LogP contribution in [0.25, 0.3) is 0 Å². The van der Waals surface area contributed by atoms with Gasteiger partial charge in [-0.25, -0.2) is 0 Å². The lowest BCUT2D eigenvalue weighted by Crippen LogP contribution is -2.47. The molecule has 0 radical (unpaired) electrons. The summed E-state index contributed by atoms with van der Waals surface area (Å²) in [5.41, 5.74) is 6.62. The second kappa shape index (κ2) is 6.78. The number of benzene rings is 1. The zero-order valence-corrected chi connectivity index (χ0v) is 12.5. The molecule has 0 heterocycles. The van der Waals surface area contributed by atoms with Gasteiger partial charge < -0.3 is 5.73 Å². The maximum Gasteiger partial charge on any atom is 0.401 e. The van der Waals surface area contributed by atoms with Crippen molar-refractivity contribution in [1.29, 1.82) is 0 Å². The molecule has 0 aliphatic heterocycles. The highest BCUT2D eigenvalue weighted by Crippen LogP contribution is 2.30. The fourth-order valence-electron chi connectivity index (χ4n) is 2.30. The quantitative estimate of drug-likeness (QED) is 0.891. The van der Waals surface area contributed by atoms with E-state index in [1.807, 2.05) is 0 Å². The third-order valence-corrected chi connectivity index (χ3v) is 3.31. The van der Waals surface area contributed by atoms with Gasteiger partial charge in [-0.3, -0.25) is 4.90 Å². The normalized spacial score (nSPS) is 15.7. The first kappa shape index (κ1) is 17.3. The van der Waals surface area contributed by atoms with Crippen molar-refractivity contribution >= 4 is 11.6 Å². The SMILES string of the molecule is CC(N)C(c1cccc(Cl)c1)N(CC(F)(F)F)C(C)C. The van der Waals surface area contributed by atoms with Crippen LogP contribution in [0.1, 0.15) is 32.4 Å². The molecule has 114 valence electrons. The summed E-state index contributed by atoms with van der Waals surface area (Å²) in [6.45, 7) is 4.16. The third kappa shape index (κ3) is 4.96. The zero-order valence-electron chi connectivity index (χ0n) is 11.8. The Morgan fingerprint density at radius 3 is 2.25 bits per heavy atom. The van der Waals surface area contributed by atoms with Gasteiger partial charge in [0.2, 0.25) is 0 Å². The topological polar surface area (TPSA) is 29.3 Å². The van der Waals surface area contributed by atoms with E-state index >= 15 is 0 Å². The largest absolute Gasteiger partial charge is 0.401 e. The second-order valence-corrected chi connectivity index (χ2v) is 5.68. The van der Waals surface area contributed by atoms with Gasteiger partial charge in [0.25, 0.3) is 0 Å². The smallest absolute Gasteiger partial charge is 0.326 e. The Hall–Kier alpha value is -0.780. The van der Waals surface area contributed by atoms with Crippen molar-refractivity contribution in [2.75, 3.05) is 6.54 Å². The summed E-state index contributed by atoms with van der Waals surface area (Å²) in [5, 5.41) is 0.490. The van der Waals surface area contributed by atoms with Crippen LogP contribution in [-0.2, 0) is 0 Å². The van der Waals surface area contributed by atoms with Crippen LogP contribution in [0, 0.1) is 0 Å². The lowest BCUT2D eigenvalue weighted by atomic mass is 9.97. The van der Waals surface area contributed by atoms with Crippen molar-refractivity contribution in [1.82, 2.24) is 4.90 Å². The van der Waals surface area contributed by atoms with Gasteiger partial charge in [0, 0.05) is 17.1 Å². The Bertz CT molecular complexity index is 433. The Labute approximate surface area is 122 Å². The van der Waals surface area contributed by atoms with Crippen LogP contribution in [0.3, 0.4) is 0 Å². The van der Waals surface area contributed by atoms with Gasteiger partial charge in [-0.05, 0) is 38.5 Å². The van der Waals surface area contributed by atoms with Crippen molar-refractivity contribution in [3.63, 3.8) is 0 Å². The van der Waals surface area contributed by atoms with E-state index in [1.165, 1.54) is 4.90 Å². The number of hydrogen-bond donors (Lipinski definition) is 1. The van der Waals surface area contributed by atoms with E-state index in [1.54, 1.807) is 45.0 Å². The molecule has 6 heteroatoms. The van der Waals surface area contributed by atoms with Gasteiger partial charge in [0.05, 0.1) is 12.6 Å². The van der Waals surface area contributed by atoms with Gasteiger partial charge in [0.15, 0.2) is 0 Å². The second-order valence-electron chi connectivity index (χ2n) is 5.24. The zero-order chi connectivity index (χ0) is 15.5. The third-order valence-electron chi connectivity index (χ3n) is 3.07. The average molecular weight is 309 g/mol. The number of alkyl halides is 3. The summed E-state index contributed by atoms with van der Waals surface area (Å²) in [5.74, 6) is 0. The standard InChI is InChI=1S/C14H20ClF3N2/c1-9(2)20(8-14(16,17)18)13(10(3)19)11-5-4-6-12(15)7-11/h4-7,9-10,13H,8,19H2,1-3H3. The lowest BCUT2D eigenvalue weighted by Gasteiger charge is -2.38. The molecule has 0 fully saturated rings. The Balaban J connectivity index is 3.15. The highest BCUT2D eigenvalue weighted by molar-refractivity contribution is 6.30. The van der Waals surface area contributed by atoms with Gasteiger partial charge in [-0.2, -0.15) is 13.2 Å². The highest BCUT2D eigenvalue weighted by Gasteiger charge is 2.36. The molecule has 1 rings (SSSR count). The van der Waals surface area contributed by atoms with Crippen molar-refractivity contribution in [3.8, 4) is 0 Å². The lowest BCUT2D eigenvalue weighted by molar-refractivity contribution is -0.156. The van der Waals surface area contributed by atoms with Gasteiger partial charge in [0.1, 0.15) is 0 Å². The van der Waals surface area contributed by atoms with E-state index in [0.717, 1.165) is 0 Å². The Kier molecular flexibility index (Phi) is 5.86. The maximum absolute atomic E-state index is 12.8. The van der Waals surface area contributed by atoms with Crippen LogP contribution in [0.5, 0.6) is 0 Å². The molecular formula is C14H20ClF3N2. The van der Waals surface area contributed by atoms with Crippen LogP contribution < -0.4 is 5.73 Å². The number of halogens is 4. The van der Waals surface area contributed by atoms with Crippen LogP contribution in [0.15, 0.2) is 24.3 Å². The van der Waals surface area contributed by atoms with E-state index in [2.05, 4.69) is 0 Å². The highest BCUT2D eigenvalue weighted by atomic mass is 35.5. The van der Waals surface area contributed by atoms with E-state index in [4.69, 9.17) is 17.3 Å². The minimum atomic E-state index is -4.27. The first-order chi connectivity index (χ1) is 9.11. The van der Waals surface area contributed by atoms with Gasteiger partial charge in [-0.1, -0.05) is 23.7 Å². The van der Waals surface area contributed by atoms with Crippen LogP contribution >= 0.6 is 11.6 Å². The van der Waals surface area contributed by atoms with E-state index < -0.39 is 24.8 Å². The molecule has 0 aromatic heterocycles. The van der Waals surface area contributed by atoms with Gasteiger partial charge in [-0.15, -0.1) is 0 Å². The minimum Gasteiger partial charge on any atom is -0.326 e. The summed E-state index contributed by atoms with van der Waals surface area (Å²) in [6.07, 6.45) is -4.27. The van der Waals surface area contributed by atoms with E-state index in [-0.39, 0.29) is 6.04 Å². The number of nitrogens with zero attached hydrogens (tertiary/aromatic N) is 1. The summed E-state index contributed by atoms with van der Waals surface area (Å²) in [6, 6.07) is 5.57. The molecular weight excluding hydrogens is 289 g/mol. The predicted octanol–water partition coefficient (Wildman–Crippen LogP) is 4.00. The molecule has 1 aromatic rings. The molecule has 0 aliphatic carbocycles. The molecule has 0 bridgehead atoms. The molecule has 20 heavy (non-hydrogen) atoms. The molecule has 0 saturated heterocycles. The molecule has 2 unspecified atom stereocenters. The average Bonchev–Trinajstić information content (AvgIpc) is 2.25. The Morgan fingerprint density at radius 1 is 1.25 bits per heavy atom. The minimum absolute atomic E-state index is 0.286. The first-order valence-corrected chi connectivity index (χ1v) is 6.83. The van der Waals surface area contributed by atoms with Gasteiger partial charge >= 0.3 is 6.18 Å². The first-order valence-electron chi connectivity index (χ1n) is 6.45. The summed E-state index contributed by atoms with van der Waals surface area (Å²) in [7, 11) is 0. The van der Waals surface area contributed by atoms with Crippen molar-refractivity contribution in [3.05, 3.63) is 34.9 Å². The van der Waals surface area contributed by atoms with Crippen LogP contribution in [0.2, 0.25) is 5.02 Å². The fourth-order valence-corrected chi connectivity index (χ4v) is 2.50. The molecule has 0 spiro atoms. The molecule has 2 nitrogen and oxygen atoms in total. The van der Waals surface area contributed by atoms with Crippen molar-refractivity contribution < 1.29 is 13.2 Å². The summed E-state index contributed by atoms with van der Waals surface area (Å²) < 4.78 is 38.3. The van der Waals surface area contributed by atoms with E-state index in [9.17, 15) is 13.2 Å². The number of rotatable bonds is 5. The molecule has 1 aromatic carbocycles. The number of hydrogen-bond acceptors (Lipinski definition) is 2. The molecule has 2 N–H and O–H groups in total. The summed E-state index contributed by atoms with van der Waals surface area (Å²) in [4.78, 5) is 1.36.